The molecular weight excluding hydrogens is 280 g/mol. The van der Waals surface area contributed by atoms with Gasteiger partial charge < -0.3 is 10.5 Å². The Bertz CT molecular complexity index is 644. The van der Waals surface area contributed by atoms with Crippen LogP contribution in [0.3, 0.4) is 0 Å². The molecule has 2 aromatic carbocycles. The maximum atomic E-state index is 11.0. The lowest BCUT2D eigenvalue weighted by atomic mass is 10.1. The Hall–Kier alpha value is -2.11. The number of nitro groups is 1. The minimum atomic E-state index is -0.532. The molecule has 0 heterocycles. The third-order valence-corrected chi connectivity index (χ3v) is 3.06. The van der Waals surface area contributed by atoms with Gasteiger partial charge in [-0.25, -0.2) is 0 Å². The van der Waals surface area contributed by atoms with E-state index < -0.39 is 4.92 Å². The first kappa shape index (κ1) is 14.3. The van der Waals surface area contributed by atoms with Gasteiger partial charge in [0.1, 0.15) is 5.75 Å². The zero-order valence-electron chi connectivity index (χ0n) is 10.7. The van der Waals surface area contributed by atoms with Gasteiger partial charge in [0.05, 0.1) is 9.95 Å². The van der Waals surface area contributed by atoms with Gasteiger partial charge >= 0.3 is 5.69 Å². The molecule has 1 atom stereocenters. The lowest BCUT2D eigenvalue weighted by molar-refractivity contribution is -0.385. The Morgan fingerprint density at radius 2 is 1.95 bits per heavy atom. The van der Waals surface area contributed by atoms with Gasteiger partial charge in [-0.3, -0.25) is 10.1 Å². The minimum absolute atomic E-state index is 0.0206. The van der Waals surface area contributed by atoms with Crippen LogP contribution in [-0.2, 0) is 0 Å². The number of nitrogens with zero attached hydrogens (tertiary/aromatic N) is 1. The van der Waals surface area contributed by atoms with E-state index in [1.807, 2.05) is 19.1 Å². The second-order valence-corrected chi connectivity index (χ2v) is 4.68. The molecule has 0 radical (unpaired) electrons. The normalized spacial score (nSPS) is 11.9. The molecule has 0 unspecified atom stereocenters. The van der Waals surface area contributed by atoms with Crippen LogP contribution in [0.25, 0.3) is 0 Å². The van der Waals surface area contributed by atoms with E-state index in [0.29, 0.717) is 5.75 Å². The van der Waals surface area contributed by atoms with Crippen LogP contribution >= 0.6 is 11.6 Å². The monoisotopic (exact) mass is 292 g/mol. The van der Waals surface area contributed by atoms with Crippen LogP contribution in [0.2, 0.25) is 5.02 Å². The Balaban J connectivity index is 2.48. The number of benzene rings is 2. The first-order valence-electron chi connectivity index (χ1n) is 5.96. The molecule has 0 aliphatic heterocycles. The van der Waals surface area contributed by atoms with Crippen LogP contribution in [0.1, 0.15) is 18.5 Å². The number of nitrogens with two attached hydrogens (primary N) is 1. The largest absolute Gasteiger partial charge is 0.448 e. The van der Waals surface area contributed by atoms with E-state index in [9.17, 15) is 10.1 Å². The lowest BCUT2D eigenvalue weighted by Crippen LogP contribution is -2.06. The maximum absolute atomic E-state index is 11.0. The Labute approximate surface area is 121 Å². The molecule has 0 aromatic heterocycles. The molecule has 0 bridgehead atoms. The number of ether oxygens (including phenoxy) is 1. The number of rotatable bonds is 4. The number of hydrogen-bond acceptors (Lipinski definition) is 4. The highest BCUT2D eigenvalue weighted by Crippen LogP contribution is 2.39. The van der Waals surface area contributed by atoms with Gasteiger partial charge in [0.15, 0.2) is 0 Å². The van der Waals surface area contributed by atoms with Crippen LogP contribution in [0.5, 0.6) is 11.5 Å². The minimum Gasteiger partial charge on any atom is -0.448 e. The van der Waals surface area contributed by atoms with Crippen molar-refractivity contribution in [3.63, 3.8) is 0 Å². The molecule has 0 aliphatic rings. The summed E-state index contributed by atoms with van der Waals surface area (Å²) in [4.78, 5) is 10.5. The van der Waals surface area contributed by atoms with Crippen molar-refractivity contribution in [2.45, 2.75) is 13.0 Å². The summed E-state index contributed by atoms with van der Waals surface area (Å²) in [5, 5.41) is 11.2. The Morgan fingerprint density at radius 3 is 2.60 bits per heavy atom. The smallest absolute Gasteiger partial charge is 0.313 e. The number of para-hydroxylation sites is 2. The van der Waals surface area contributed by atoms with Crippen LogP contribution in [0.4, 0.5) is 5.69 Å². The number of hydrogen-bond donors (Lipinski definition) is 1. The molecule has 5 nitrogen and oxygen atoms in total. The van der Waals surface area contributed by atoms with Crippen molar-refractivity contribution in [3.05, 3.63) is 63.2 Å². The fourth-order valence-electron chi connectivity index (χ4n) is 1.80. The van der Waals surface area contributed by atoms with Gasteiger partial charge in [0, 0.05) is 17.7 Å². The molecule has 0 saturated heterocycles. The summed E-state index contributed by atoms with van der Waals surface area (Å²) in [7, 11) is 0. The first-order chi connectivity index (χ1) is 9.50. The molecule has 0 saturated carbocycles. The van der Waals surface area contributed by atoms with Crippen molar-refractivity contribution in [2.24, 2.45) is 5.73 Å². The number of halogens is 1. The van der Waals surface area contributed by atoms with Gasteiger partial charge in [-0.15, -0.1) is 0 Å². The Morgan fingerprint density at radius 1 is 1.25 bits per heavy atom. The number of nitro benzene ring substituents is 1. The molecule has 104 valence electrons. The summed E-state index contributed by atoms with van der Waals surface area (Å²) in [6.07, 6.45) is 0. The molecule has 0 spiro atoms. The average molecular weight is 293 g/mol. The van der Waals surface area contributed by atoms with E-state index >= 15 is 0 Å². The highest BCUT2D eigenvalue weighted by Gasteiger charge is 2.20. The van der Waals surface area contributed by atoms with Crippen molar-refractivity contribution in [1.82, 2.24) is 0 Å². The second kappa shape index (κ2) is 5.90. The van der Waals surface area contributed by atoms with E-state index in [4.69, 9.17) is 22.1 Å². The van der Waals surface area contributed by atoms with Crippen LogP contribution < -0.4 is 10.5 Å². The van der Waals surface area contributed by atoms with E-state index in [1.54, 1.807) is 18.2 Å². The Kier molecular flexibility index (Phi) is 4.22. The van der Waals surface area contributed by atoms with Gasteiger partial charge in [-0.1, -0.05) is 35.9 Å². The summed E-state index contributed by atoms with van der Waals surface area (Å²) >= 11 is 5.99. The van der Waals surface area contributed by atoms with Crippen molar-refractivity contribution in [2.75, 3.05) is 0 Å². The SMILES string of the molecule is C[C@@H](N)c1ccccc1Oc1c(Cl)cccc1[N+](=O)[O-]. The molecule has 0 aliphatic carbocycles. The fourth-order valence-corrected chi connectivity index (χ4v) is 2.01. The van der Waals surface area contributed by atoms with Gasteiger partial charge in [0.2, 0.25) is 5.75 Å². The van der Waals surface area contributed by atoms with E-state index in [0.717, 1.165) is 5.56 Å². The molecule has 2 aromatic rings. The van der Waals surface area contributed by atoms with Crippen molar-refractivity contribution in [3.8, 4) is 11.5 Å². The molecule has 2 N–H and O–H groups in total. The van der Waals surface area contributed by atoms with E-state index in [1.165, 1.54) is 12.1 Å². The molecule has 2 rings (SSSR count). The first-order valence-corrected chi connectivity index (χ1v) is 6.33. The zero-order chi connectivity index (χ0) is 14.7. The quantitative estimate of drug-likeness (QED) is 0.681. The highest BCUT2D eigenvalue weighted by molar-refractivity contribution is 6.32. The van der Waals surface area contributed by atoms with Crippen LogP contribution in [0.15, 0.2) is 42.5 Å². The standard InChI is InChI=1S/C14H13ClN2O3/c1-9(16)10-5-2-3-8-13(10)20-14-11(15)6-4-7-12(14)17(18)19/h2-9H,16H2,1H3/t9-/m1/s1. The van der Waals surface area contributed by atoms with E-state index in [2.05, 4.69) is 0 Å². The second-order valence-electron chi connectivity index (χ2n) is 4.27. The van der Waals surface area contributed by atoms with E-state index in [-0.39, 0.29) is 22.5 Å². The lowest BCUT2D eigenvalue weighted by Gasteiger charge is -2.14. The highest BCUT2D eigenvalue weighted by atomic mass is 35.5. The summed E-state index contributed by atoms with van der Waals surface area (Å²) in [5.41, 5.74) is 6.43. The van der Waals surface area contributed by atoms with Crippen LogP contribution in [0, 0.1) is 10.1 Å². The third kappa shape index (κ3) is 2.89. The van der Waals surface area contributed by atoms with Crippen molar-refractivity contribution in [1.29, 1.82) is 0 Å². The van der Waals surface area contributed by atoms with Crippen LogP contribution in [-0.4, -0.2) is 4.92 Å². The molecule has 20 heavy (non-hydrogen) atoms. The predicted octanol–water partition coefficient (Wildman–Crippen LogP) is 4.06. The summed E-state index contributed by atoms with van der Waals surface area (Å²) in [6.45, 7) is 1.81. The molecule has 0 fully saturated rings. The predicted molar refractivity (Wildman–Crippen MR) is 77.2 cm³/mol. The summed E-state index contributed by atoms with van der Waals surface area (Å²) in [5.74, 6) is 0.478. The maximum Gasteiger partial charge on any atom is 0.313 e. The topological polar surface area (TPSA) is 78.4 Å². The average Bonchev–Trinajstić information content (AvgIpc) is 2.41. The summed E-state index contributed by atoms with van der Waals surface area (Å²) in [6, 6.07) is 11.2. The zero-order valence-corrected chi connectivity index (χ0v) is 11.5. The van der Waals surface area contributed by atoms with Crippen molar-refractivity contribution < 1.29 is 9.66 Å². The van der Waals surface area contributed by atoms with Gasteiger partial charge in [0.25, 0.3) is 0 Å². The van der Waals surface area contributed by atoms with Gasteiger partial charge in [-0.2, -0.15) is 0 Å². The third-order valence-electron chi connectivity index (χ3n) is 2.76. The molecule has 6 heteroatoms. The van der Waals surface area contributed by atoms with Gasteiger partial charge in [-0.05, 0) is 19.1 Å². The molecular formula is C14H13ClN2O3. The summed E-state index contributed by atoms with van der Waals surface area (Å²) < 4.78 is 5.64. The molecule has 0 amide bonds. The fraction of sp³-hybridized carbons (Fsp3) is 0.143. The van der Waals surface area contributed by atoms with Crippen molar-refractivity contribution >= 4 is 17.3 Å².